The molecule has 1 N–H and O–H groups in total. The van der Waals surface area contributed by atoms with E-state index in [1.807, 2.05) is 51.1 Å². The summed E-state index contributed by atoms with van der Waals surface area (Å²) in [7, 11) is 0. The fourth-order valence-corrected chi connectivity index (χ4v) is 2.70. The minimum absolute atomic E-state index is 0.00743. The number of hydrogen-bond donors (Lipinski definition) is 1. The molecule has 1 aromatic carbocycles. The van der Waals surface area contributed by atoms with Crippen LogP contribution in [-0.4, -0.2) is 48.7 Å². The largest absolute Gasteiger partial charge is 0.484 e. The van der Waals surface area contributed by atoms with Crippen LogP contribution in [0.25, 0.3) is 0 Å². The average Bonchev–Trinajstić information content (AvgIpc) is 2.58. The molecule has 0 bridgehead atoms. The zero-order valence-corrected chi connectivity index (χ0v) is 15.3. The summed E-state index contributed by atoms with van der Waals surface area (Å²) in [6.45, 7) is 7.42. The molecule has 1 aromatic rings. The van der Waals surface area contributed by atoms with Crippen LogP contribution in [0.1, 0.15) is 33.6 Å². The Morgan fingerprint density at radius 3 is 2.64 bits per heavy atom. The van der Waals surface area contributed by atoms with Gasteiger partial charge in [-0.1, -0.05) is 18.2 Å². The summed E-state index contributed by atoms with van der Waals surface area (Å²) in [4.78, 5) is 25.8. The maximum atomic E-state index is 12.2. The van der Waals surface area contributed by atoms with E-state index in [1.54, 1.807) is 4.90 Å². The normalized spacial score (nSPS) is 17.7. The van der Waals surface area contributed by atoms with Crippen LogP contribution in [0.15, 0.2) is 30.3 Å². The van der Waals surface area contributed by atoms with Crippen LogP contribution < -0.4 is 10.1 Å². The van der Waals surface area contributed by atoms with E-state index >= 15 is 0 Å². The van der Waals surface area contributed by atoms with Crippen molar-refractivity contribution in [2.45, 2.75) is 39.2 Å². The molecule has 1 heterocycles. The molecule has 6 heteroatoms. The Labute approximate surface area is 149 Å². The van der Waals surface area contributed by atoms with Gasteiger partial charge in [0.2, 0.25) is 0 Å². The van der Waals surface area contributed by atoms with Crippen LogP contribution >= 0.6 is 0 Å². The Hall–Kier alpha value is -2.24. The van der Waals surface area contributed by atoms with Gasteiger partial charge in [-0.25, -0.2) is 4.79 Å². The summed E-state index contributed by atoms with van der Waals surface area (Å²) in [5, 5.41) is 2.89. The summed E-state index contributed by atoms with van der Waals surface area (Å²) in [5.74, 6) is 0.756. The molecule has 6 nitrogen and oxygen atoms in total. The van der Waals surface area contributed by atoms with E-state index in [9.17, 15) is 9.59 Å². The number of nitrogens with one attached hydrogen (secondary N) is 1. The van der Waals surface area contributed by atoms with E-state index in [0.717, 1.165) is 12.8 Å². The van der Waals surface area contributed by atoms with E-state index in [-0.39, 0.29) is 24.5 Å². The molecule has 1 unspecified atom stereocenters. The molecule has 0 radical (unpaired) electrons. The standard InChI is InChI=1S/C19H28N2O4/c1-19(2,3)25-18(23)21-11-7-8-15(13-21)12-20-17(22)14-24-16-9-5-4-6-10-16/h4-6,9-10,15H,7-8,11-14H2,1-3H3,(H,20,22). The second-order valence-corrected chi connectivity index (χ2v) is 7.34. The molecule has 1 fully saturated rings. The molecule has 0 spiro atoms. The highest BCUT2D eigenvalue weighted by atomic mass is 16.6. The number of carbonyl (C=O) groups excluding carboxylic acids is 2. The molecule has 1 aliphatic heterocycles. The van der Waals surface area contributed by atoms with Gasteiger partial charge in [-0.05, 0) is 51.7 Å². The first-order valence-corrected chi connectivity index (χ1v) is 8.76. The molecule has 2 rings (SSSR count). The van der Waals surface area contributed by atoms with Crippen molar-refractivity contribution in [2.24, 2.45) is 5.92 Å². The topological polar surface area (TPSA) is 67.9 Å². The lowest BCUT2D eigenvalue weighted by atomic mass is 9.98. The molecule has 1 aliphatic rings. The van der Waals surface area contributed by atoms with E-state index in [4.69, 9.17) is 9.47 Å². The van der Waals surface area contributed by atoms with Gasteiger partial charge < -0.3 is 19.7 Å². The lowest BCUT2D eigenvalue weighted by molar-refractivity contribution is -0.123. The third-order valence-electron chi connectivity index (χ3n) is 3.87. The van der Waals surface area contributed by atoms with Crippen LogP contribution in [0.3, 0.4) is 0 Å². The molecule has 0 aliphatic carbocycles. The van der Waals surface area contributed by atoms with Crippen molar-refractivity contribution < 1.29 is 19.1 Å². The Morgan fingerprint density at radius 1 is 1.24 bits per heavy atom. The molecule has 0 saturated carbocycles. The molecule has 0 aromatic heterocycles. The Kier molecular flexibility index (Phi) is 6.67. The van der Waals surface area contributed by atoms with Crippen molar-refractivity contribution in [2.75, 3.05) is 26.2 Å². The molecule has 2 amide bonds. The SMILES string of the molecule is CC(C)(C)OC(=O)N1CCCC(CNC(=O)COc2ccccc2)C1. The molecule has 1 saturated heterocycles. The van der Waals surface area contributed by atoms with Crippen LogP contribution in [0.2, 0.25) is 0 Å². The zero-order valence-electron chi connectivity index (χ0n) is 15.3. The highest BCUT2D eigenvalue weighted by molar-refractivity contribution is 5.77. The van der Waals surface area contributed by atoms with E-state index in [0.29, 0.717) is 25.4 Å². The number of nitrogens with zero attached hydrogens (tertiary/aromatic N) is 1. The highest BCUT2D eigenvalue weighted by Gasteiger charge is 2.27. The van der Waals surface area contributed by atoms with Gasteiger partial charge in [0.1, 0.15) is 11.4 Å². The Bertz CT molecular complexity index is 569. The van der Waals surface area contributed by atoms with E-state index in [2.05, 4.69) is 5.32 Å². The van der Waals surface area contributed by atoms with Gasteiger partial charge >= 0.3 is 6.09 Å². The van der Waals surface area contributed by atoms with Crippen molar-refractivity contribution >= 4 is 12.0 Å². The smallest absolute Gasteiger partial charge is 0.410 e. The summed E-state index contributed by atoms with van der Waals surface area (Å²) >= 11 is 0. The highest BCUT2D eigenvalue weighted by Crippen LogP contribution is 2.19. The van der Waals surface area contributed by atoms with Gasteiger partial charge in [0, 0.05) is 19.6 Å². The number of likely N-dealkylation sites (tertiary alicyclic amines) is 1. The molecular formula is C19H28N2O4. The molecule has 1 atom stereocenters. The second-order valence-electron chi connectivity index (χ2n) is 7.34. The van der Waals surface area contributed by atoms with Gasteiger partial charge in [-0.3, -0.25) is 4.79 Å². The van der Waals surface area contributed by atoms with Gasteiger partial charge in [0.15, 0.2) is 6.61 Å². The van der Waals surface area contributed by atoms with Crippen LogP contribution in [0.5, 0.6) is 5.75 Å². The number of rotatable bonds is 5. The average molecular weight is 348 g/mol. The monoisotopic (exact) mass is 348 g/mol. The third kappa shape index (κ3) is 7.03. The second kappa shape index (κ2) is 8.74. The lowest BCUT2D eigenvalue weighted by Crippen LogP contribution is -2.46. The minimum atomic E-state index is -0.493. The first kappa shape index (κ1) is 19.1. The maximum absolute atomic E-state index is 12.2. The minimum Gasteiger partial charge on any atom is -0.484 e. The molecule has 138 valence electrons. The fraction of sp³-hybridized carbons (Fsp3) is 0.579. The van der Waals surface area contributed by atoms with Crippen molar-refractivity contribution in [3.63, 3.8) is 0 Å². The van der Waals surface area contributed by atoms with Crippen LogP contribution in [0.4, 0.5) is 4.79 Å². The predicted octanol–water partition coefficient (Wildman–Crippen LogP) is 2.83. The first-order valence-electron chi connectivity index (χ1n) is 8.76. The maximum Gasteiger partial charge on any atom is 0.410 e. The van der Waals surface area contributed by atoms with Crippen LogP contribution in [-0.2, 0) is 9.53 Å². The van der Waals surface area contributed by atoms with Gasteiger partial charge in [-0.15, -0.1) is 0 Å². The number of benzene rings is 1. The fourth-order valence-electron chi connectivity index (χ4n) is 2.70. The van der Waals surface area contributed by atoms with Gasteiger partial charge in [0.25, 0.3) is 5.91 Å². The first-order chi connectivity index (χ1) is 11.8. The summed E-state index contributed by atoms with van der Waals surface area (Å²) in [5.41, 5.74) is -0.493. The number of para-hydroxylation sites is 1. The molecular weight excluding hydrogens is 320 g/mol. The number of piperidine rings is 1. The quantitative estimate of drug-likeness (QED) is 0.888. The lowest BCUT2D eigenvalue weighted by Gasteiger charge is -2.34. The zero-order chi connectivity index (χ0) is 18.3. The van der Waals surface area contributed by atoms with E-state index < -0.39 is 5.60 Å². The molecule has 25 heavy (non-hydrogen) atoms. The number of hydrogen-bond acceptors (Lipinski definition) is 4. The Balaban J connectivity index is 1.71. The number of amides is 2. The summed E-state index contributed by atoms with van der Waals surface area (Å²) < 4.78 is 10.8. The summed E-state index contributed by atoms with van der Waals surface area (Å²) in [6.07, 6.45) is 1.62. The van der Waals surface area contributed by atoms with Crippen molar-refractivity contribution in [1.29, 1.82) is 0 Å². The van der Waals surface area contributed by atoms with Crippen molar-refractivity contribution in [3.05, 3.63) is 30.3 Å². The Morgan fingerprint density at radius 2 is 1.96 bits per heavy atom. The van der Waals surface area contributed by atoms with Crippen molar-refractivity contribution in [1.82, 2.24) is 10.2 Å². The van der Waals surface area contributed by atoms with E-state index in [1.165, 1.54) is 0 Å². The predicted molar refractivity (Wildman–Crippen MR) is 95.5 cm³/mol. The summed E-state index contributed by atoms with van der Waals surface area (Å²) in [6, 6.07) is 9.24. The van der Waals surface area contributed by atoms with Gasteiger partial charge in [0.05, 0.1) is 0 Å². The third-order valence-corrected chi connectivity index (χ3v) is 3.87. The van der Waals surface area contributed by atoms with Gasteiger partial charge in [-0.2, -0.15) is 0 Å². The number of carbonyl (C=O) groups is 2. The van der Waals surface area contributed by atoms with Crippen LogP contribution in [0, 0.1) is 5.92 Å². The number of ether oxygens (including phenoxy) is 2. The van der Waals surface area contributed by atoms with Crippen molar-refractivity contribution in [3.8, 4) is 5.75 Å².